The number of hydrogen-bond donors (Lipinski definition) is 1. The van der Waals surface area contributed by atoms with Crippen LogP contribution in [0.5, 0.6) is 5.75 Å². The van der Waals surface area contributed by atoms with Crippen LogP contribution >= 0.6 is 0 Å². The number of benzene rings is 1. The summed E-state index contributed by atoms with van der Waals surface area (Å²) in [6.07, 6.45) is 0. The van der Waals surface area contributed by atoms with Gasteiger partial charge in [-0.25, -0.2) is 9.78 Å². The van der Waals surface area contributed by atoms with Crippen LogP contribution in [-0.2, 0) is 11.3 Å². The molecule has 8 heteroatoms. The molecule has 0 spiro atoms. The molecular formula is C19H19N3O5. The Morgan fingerprint density at radius 2 is 1.93 bits per heavy atom. The highest BCUT2D eigenvalue weighted by molar-refractivity contribution is 6.05. The van der Waals surface area contributed by atoms with E-state index in [0.717, 1.165) is 5.56 Å². The molecule has 0 aliphatic heterocycles. The zero-order valence-electron chi connectivity index (χ0n) is 15.2. The third-order valence-corrected chi connectivity index (χ3v) is 4.03. The zero-order chi connectivity index (χ0) is 19.6. The number of pyridine rings is 1. The van der Waals surface area contributed by atoms with Gasteiger partial charge in [-0.05, 0) is 37.6 Å². The number of carbonyl (C=O) groups is 2. The van der Waals surface area contributed by atoms with Crippen molar-refractivity contribution in [3.8, 4) is 5.75 Å². The molecule has 3 rings (SSSR count). The maximum Gasteiger partial charge on any atom is 0.341 e. The summed E-state index contributed by atoms with van der Waals surface area (Å²) in [5, 5.41) is 13.2. The summed E-state index contributed by atoms with van der Waals surface area (Å²) in [6, 6.07) is 8.66. The highest BCUT2D eigenvalue weighted by atomic mass is 16.5. The number of rotatable bonds is 6. The number of aromatic nitrogens is 2. The van der Waals surface area contributed by atoms with E-state index in [1.807, 2.05) is 0 Å². The molecule has 1 aromatic carbocycles. The normalized spacial score (nSPS) is 10.8. The highest BCUT2D eigenvalue weighted by Gasteiger charge is 2.20. The maximum atomic E-state index is 12.9. The van der Waals surface area contributed by atoms with Crippen molar-refractivity contribution in [2.75, 3.05) is 13.7 Å². The summed E-state index contributed by atoms with van der Waals surface area (Å²) < 4.78 is 10.3. The minimum atomic E-state index is -1.03. The van der Waals surface area contributed by atoms with Gasteiger partial charge in [-0.3, -0.25) is 4.79 Å². The molecule has 0 aliphatic carbocycles. The minimum absolute atomic E-state index is 0.164. The first-order valence-corrected chi connectivity index (χ1v) is 8.28. The van der Waals surface area contributed by atoms with Gasteiger partial charge in [0.25, 0.3) is 11.6 Å². The molecule has 1 N–H and O–H groups in total. The fraction of sp³-hybridized carbons (Fsp3) is 0.263. The Balaban J connectivity index is 1.76. The van der Waals surface area contributed by atoms with Crippen molar-refractivity contribution in [3.63, 3.8) is 0 Å². The molecule has 140 valence electrons. The van der Waals surface area contributed by atoms with Gasteiger partial charge in [-0.1, -0.05) is 17.3 Å². The van der Waals surface area contributed by atoms with Gasteiger partial charge in [0, 0.05) is 19.3 Å². The van der Waals surface area contributed by atoms with Crippen molar-refractivity contribution in [3.05, 3.63) is 52.8 Å². The van der Waals surface area contributed by atoms with E-state index < -0.39 is 12.6 Å². The fourth-order valence-electron chi connectivity index (χ4n) is 2.77. The fourth-order valence-corrected chi connectivity index (χ4v) is 2.77. The topological polar surface area (TPSA) is 106 Å². The van der Waals surface area contributed by atoms with E-state index in [1.54, 1.807) is 56.1 Å². The summed E-state index contributed by atoms with van der Waals surface area (Å²) >= 11 is 0. The molecule has 0 fully saturated rings. The number of carbonyl (C=O) groups excluding carboxylic acids is 1. The molecule has 27 heavy (non-hydrogen) atoms. The number of nitrogens with zero attached hydrogens (tertiary/aromatic N) is 3. The van der Waals surface area contributed by atoms with Gasteiger partial charge in [0.05, 0.1) is 16.6 Å². The monoisotopic (exact) mass is 369 g/mol. The predicted molar refractivity (Wildman–Crippen MR) is 96.6 cm³/mol. The third-order valence-electron chi connectivity index (χ3n) is 4.03. The lowest BCUT2D eigenvalue weighted by atomic mass is 10.1. The van der Waals surface area contributed by atoms with Crippen LogP contribution in [0.4, 0.5) is 0 Å². The number of amides is 1. The highest BCUT2D eigenvalue weighted by Crippen LogP contribution is 2.23. The van der Waals surface area contributed by atoms with Gasteiger partial charge in [0.1, 0.15) is 5.75 Å². The SMILES string of the molecule is Cc1cc(C(=O)N(C)Cc2ccc(OCC(=O)O)cc2)c2c(C)noc2n1. The summed E-state index contributed by atoms with van der Waals surface area (Å²) in [7, 11) is 1.71. The van der Waals surface area contributed by atoms with E-state index in [-0.39, 0.29) is 5.91 Å². The Hall–Kier alpha value is -3.42. The van der Waals surface area contributed by atoms with Crippen LogP contribution in [0, 0.1) is 13.8 Å². The van der Waals surface area contributed by atoms with Crippen LogP contribution < -0.4 is 4.74 Å². The Labute approximate surface area is 155 Å². The van der Waals surface area contributed by atoms with Crippen LogP contribution in [0.3, 0.4) is 0 Å². The predicted octanol–water partition coefficient (Wildman–Crippen LogP) is 2.58. The second-order valence-electron chi connectivity index (χ2n) is 6.25. The minimum Gasteiger partial charge on any atom is -0.482 e. The standard InChI is InChI=1S/C19H19N3O5/c1-11-8-15(17-12(2)21-27-18(17)20-11)19(25)22(3)9-13-4-6-14(7-5-13)26-10-16(23)24/h4-8H,9-10H2,1-3H3,(H,23,24). The van der Waals surface area contributed by atoms with Crippen molar-refractivity contribution in [2.45, 2.75) is 20.4 Å². The number of ether oxygens (including phenoxy) is 1. The molecule has 2 heterocycles. The van der Waals surface area contributed by atoms with Crippen molar-refractivity contribution in [1.29, 1.82) is 0 Å². The van der Waals surface area contributed by atoms with Crippen molar-refractivity contribution in [2.24, 2.45) is 0 Å². The Bertz CT molecular complexity index is 994. The van der Waals surface area contributed by atoms with E-state index in [2.05, 4.69) is 10.1 Å². The third kappa shape index (κ3) is 4.05. The van der Waals surface area contributed by atoms with Crippen LogP contribution in [0.1, 0.15) is 27.3 Å². The number of hydrogen-bond acceptors (Lipinski definition) is 6. The van der Waals surface area contributed by atoms with Crippen LogP contribution in [0.25, 0.3) is 11.1 Å². The molecule has 1 amide bonds. The molecule has 0 bridgehead atoms. The average molecular weight is 369 g/mol. The molecule has 0 radical (unpaired) electrons. The Kier molecular flexibility index (Phi) is 5.07. The van der Waals surface area contributed by atoms with E-state index in [0.29, 0.717) is 40.3 Å². The molecule has 3 aromatic rings. The number of aryl methyl sites for hydroxylation is 2. The van der Waals surface area contributed by atoms with Crippen molar-refractivity contribution >= 4 is 23.0 Å². The first-order chi connectivity index (χ1) is 12.8. The lowest BCUT2D eigenvalue weighted by Gasteiger charge is -2.18. The first kappa shape index (κ1) is 18.4. The number of carboxylic acids is 1. The van der Waals surface area contributed by atoms with E-state index in [4.69, 9.17) is 14.4 Å². The lowest BCUT2D eigenvalue weighted by molar-refractivity contribution is -0.139. The zero-order valence-corrected chi connectivity index (χ0v) is 15.2. The maximum absolute atomic E-state index is 12.9. The summed E-state index contributed by atoms with van der Waals surface area (Å²) in [5.41, 5.74) is 3.03. The molecule has 2 aromatic heterocycles. The van der Waals surface area contributed by atoms with Gasteiger partial charge >= 0.3 is 5.97 Å². The average Bonchev–Trinajstić information content (AvgIpc) is 3.00. The molecule has 0 unspecified atom stereocenters. The quantitative estimate of drug-likeness (QED) is 0.712. The second-order valence-corrected chi connectivity index (χ2v) is 6.25. The molecule has 0 atom stereocenters. The van der Waals surface area contributed by atoms with Gasteiger partial charge in [0.15, 0.2) is 6.61 Å². The summed E-state index contributed by atoms with van der Waals surface area (Å²) in [5.74, 6) is -0.739. The number of aliphatic carboxylic acids is 1. The van der Waals surface area contributed by atoms with Gasteiger partial charge in [0.2, 0.25) is 0 Å². The van der Waals surface area contributed by atoms with Gasteiger partial charge < -0.3 is 19.3 Å². The molecule has 8 nitrogen and oxygen atoms in total. The molecule has 0 saturated carbocycles. The van der Waals surface area contributed by atoms with E-state index in [1.165, 1.54) is 0 Å². The first-order valence-electron chi connectivity index (χ1n) is 8.28. The Morgan fingerprint density at radius 1 is 1.22 bits per heavy atom. The number of carboxylic acid groups (broad SMARTS) is 1. The summed E-state index contributed by atoms with van der Waals surface area (Å²) in [6.45, 7) is 3.55. The summed E-state index contributed by atoms with van der Waals surface area (Å²) in [4.78, 5) is 29.3. The smallest absolute Gasteiger partial charge is 0.341 e. The van der Waals surface area contributed by atoms with Crippen LogP contribution in [0.15, 0.2) is 34.9 Å². The van der Waals surface area contributed by atoms with Gasteiger partial charge in [-0.15, -0.1) is 0 Å². The molecule has 0 aliphatic rings. The Morgan fingerprint density at radius 3 is 2.59 bits per heavy atom. The van der Waals surface area contributed by atoms with Crippen molar-refractivity contribution in [1.82, 2.24) is 15.0 Å². The molecular weight excluding hydrogens is 350 g/mol. The van der Waals surface area contributed by atoms with E-state index in [9.17, 15) is 9.59 Å². The van der Waals surface area contributed by atoms with Crippen LogP contribution in [0.2, 0.25) is 0 Å². The van der Waals surface area contributed by atoms with Crippen molar-refractivity contribution < 1.29 is 24.0 Å². The number of fused-ring (bicyclic) bond motifs is 1. The largest absolute Gasteiger partial charge is 0.482 e. The molecule has 0 saturated heterocycles. The van der Waals surface area contributed by atoms with Gasteiger partial charge in [-0.2, -0.15) is 0 Å². The lowest BCUT2D eigenvalue weighted by Crippen LogP contribution is -2.26. The van der Waals surface area contributed by atoms with Crippen LogP contribution in [-0.4, -0.2) is 45.7 Å². The second kappa shape index (κ2) is 7.45. The van der Waals surface area contributed by atoms with E-state index >= 15 is 0 Å².